The van der Waals surface area contributed by atoms with Crippen LogP contribution in [0.4, 0.5) is 0 Å². The van der Waals surface area contributed by atoms with Crippen molar-refractivity contribution in [2.75, 3.05) is 6.54 Å². The summed E-state index contributed by atoms with van der Waals surface area (Å²) in [5.41, 5.74) is 0.488. The van der Waals surface area contributed by atoms with E-state index in [-0.39, 0.29) is 23.9 Å². The molecule has 0 saturated heterocycles. The maximum atomic E-state index is 13.1. The highest BCUT2D eigenvalue weighted by Crippen LogP contribution is 2.29. The highest BCUT2D eigenvalue weighted by molar-refractivity contribution is 7.13. The maximum absolute atomic E-state index is 13.1. The van der Waals surface area contributed by atoms with E-state index in [1.54, 1.807) is 39.4 Å². The molecule has 0 spiro atoms. The molecule has 1 N–H and O–H groups in total. The Morgan fingerprint density at radius 3 is 2.80 bits per heavy atom. The first-order valence-corrected chi connectivity index (χ1v) is 10.7. The smallest absolute Gasteiger partial charge is 0.274 e. The molecule has 1 aromatic carbocycles. The topological polar surface area (TPSA) is 84.7 Å². The third-order valence-corrected chi connectivity index (χ3v) is 5.81. The first-order valence-electron chi connectivity index (χ1n) is 9.45. The largest absolute Gasteiger partial charge is 0.503 e. The van der Waals surface area contributed by atoms with Gasteiger partial charge in [0.25, 0.3) is 5.91 Å². The molecule has 0 radical (unpaired) electrons. The number of nitrogens with zero attached hydrogens (tertiary/aromatic N) is 3. The predicted molar refractivity (Wildman–Crippen MR) is 115 cm³/mol. The van der Waals surface area contributed by atoms with Crippen LogP contribution in [-0.2, 0) is 13.1 Å². The molecule has 7 nitrogen and oxygen atoms in total. The lowest BCUT2D eigenvalue weighted by atomic mass is 10.1. The number of ether oxygens (including phenoxy) is 1. The van der Waals surface area contributed by atoms with Crippen LogP contribution in [0.5, 0.6) is 11.5 Å². The van der Waals surface area contributed by atoms with Crippen LogP contribution in [-0.4, -0.2) is 38.1 Å². The van der Waals surface area contributed by atoms with Crippen LogP contribution in [0.25, 0.3) is 10.6 Å². The minimum Gasteiger partial charge on any atom is -0.503 e. The highest BCUT2D eigenvalue weighted by Gasteiger charge is 2.30. The monoisotopic (exact) mass is 445 g/mol. The second-order valence-corrected chi connectivity index (χ2v) is 8.58. The van der Waals surface area contributed by atoms with Gasteiger partial charge in [-0.05, 0) is 26.0 Å². The molecule has 9 heteroatoms. The average Bonchev–Trinajstić information content (AvgIpc) is 3.22. The van der Waals surface area contributed by atoms with E-state index in [4.69, 9.17) is 16.3 Å². The minimum atomic E-state index is -0.596. The Balaban J connectivity index is 1.67. The SMILES string of the molecule is CC(C)Oc1cc(Cl)ccc1CN1CCn2cc(-c3nccs3)c(=O)c(O)c2C1=O. The van der Waals surface area contributed by atoms with Gasteiger partial charge in [0.05, 0.1) is 11.7 Å². The molecule has 156 valence electrons. The number of pyridine rings is 1. The molecule has 0 fully saturated rings. The van der Waals surface area contributed by atoms with Crippen molar-refractivity contribution in [3.05, 3.63) is 62.5 Å². The average molecular weight is 446 g/mol. The third-order valence-electron chi connectivity index (χ3n) is 4.77. The second kappa shape index (κ2) is 8.12. The summed E-state index contributed by atoms with van der Waals surface area (Å²) in [5, 5.41) is 13.4. The van der Waals surface area contributed by atoms with Crippen LogP contribution in [0, 0.1) is 0 Å². The summed E-state index contributed by atoms with van der Waals surface area (Å²) in [6, 6.07) is 5.29. The normalized spacial score (nSPS) is 13.6. The summed E-state index contributed by atoms with van der Waals surface area (Å²) < 4.78 is 7.46. The van der Waals surface area contributed by atoms with E-state index in [9.17, 15) is 14.7 Å². The number of halogens is 1. The van der Waals surface area contributed by atoms with Crippen molar-refractivity contribution >= 4 is 28.8 Å². The van der Waals surface area contributed by atoms with Crippen LogP contribution in [0.15, 0.2) is 40.8 Å². The molecule has 0 aliphatic carbocycles. The van der Waals surface area contributed by atoms with Gasteiger partial charge in [-0.25, -0.2) is 4.98 Å². The first-order chi connectivity index (χ1) is 14.3. The van der Waals surface area contributed by atoms with Crippen LogP contribution in [0.3, 0.4) is 0 Å². The summed E-state index contributed by atoms with van der Waals surface area (Å²) >= 11 is 7.40. The van der Waals surface area contributed by atoms with Gasteiger partial charge in [-0.3, -0.25) is 9.59 Å². The molecule has 1 aliphatic heterocycles. The molecule has 4 rings (SSSR count). The molecular formula is C21H20ClN3O4S. The number of benzene rings is 1. The van der Waals surface area contributed by atoms with Gasteiger partial charge in [0.2, 0.25) is 5.43 Å². The van der Waals surface area contributed by atoms with E-state index < -0.39 is 17.1 Å². The van der Waals surface area contributed by atoms with Gasteiger partial charge in [0.1, 0.15) is 10.8 Å². The number of hydrogen-bond acceptors (Lipinski definition) is 6. The fourth-order valence-electron chi connectivity index (χ4n) is 3.42. The van der Waals surface area contributed by atoms with Crippen molar-refractivity contribution < 1.29 is 14.6 Å². The summed E-state index contributed by atoms with van der Waals surface area (Å²) in [4.78, 5) is 31.5. The van der Waals surface area contributed by atoms with Gasteiger partial charge < -0.3 is 19.3 Å². The fraction of sp³-hybridized carbons (Fsp3) is 0.286. The van der Waals surface area contributed by atoms with Gasteiger partial charge in [-0.2, -0.15) is 0 Å². The predicted octanol–water partition coefficient (Wildman–Crippen LogP) is 3.77. The standard InChI is InChI=1S/C21H20ClN3O4S/c1-12(2)29-16-9-14(22)4-3-13(16)10-25-7-6-24-11-15(20-23-5-8-30-20)18(26)19(27)17(24)21(25)28/h3-5,8-9,11-12,27H,6-7,10H2,1-2H3. The van der Waals surface area contributed by atoms with Gasteiger partial charge in [-0.1, -0.05) is 17.7 Å². The molecule has 3 aromatic rings. The number of rotatable bonds is 5. The zero-order valence-electron chi connectivity index (χ0n) is 16.5. The molecule has 0 unspecified atom stereocenters. The summed E-state index contributed by atoms with van der Waals surface area (Å²) in [6.07, 6.45) is 3.14. The second-order valence-electron chi connectivity index (χ2n) is 7.25. The number of amides is 1. The van der Waals surface area contributed by atoms with Gasteiger partial charge in [0.15, 0.2) is 11.4 Å². The molecule has 0 saturated carbocycles. The molecule has 3 heterocycles. The fourth-order valence-corrected chi connectivity index (χ4v) is 4.23. The molecular weight excluding hydrogens is 426 g/mol. The molecule has 1 amide bonds. The number of aromatic hydroxyl groups is 1. The summed E-state index contributed by atoms with van der Waals surface area (Å²) in [6.45, 7) is 4.98. The number of hydrogen-bond donors (Lipinski definition) is 1. The van der Waals surface area contributed by atoms with E-state index in [0.29, 0.717) is 28.9 Å². The number of aromatic nitrogens is 2. The maximum Gasteiger partial charge on any atom is 0.274 e. The summed E-state index contributed by atoms with van der Waals surface area (Å²) in [5.74, 6) is -0.351. The zero-order valence-corrected chi connectivity index (χ0v) is 18.0. The van der Waals surface area contributed by atoms with Crippen LogP contribution in [0.1, 0.15) is 29.9 Å². The number of thiazole rings is 1. The lowest BCUT2D eigenvalue weighted by Crippen LogP contribution is -2.41. The van der Waals surface area contributed by atoms with E-state index >= 15 is 0 Å². The highest BCUT2D eigenvalue weighted by atomic mass is 35.5. The summed E-state index contributed by atoms with van der Waals surface area (Å²) in [7, 11) is 0. The van der Waals surface area contributed by atoms with Gasteiger partial charge in [-0.15, -0.1) is 11.3 Å². The lowest BCUT2D eigenvalue weighted by molar-refractivity contribution is 0.0681. The Hall–Kier alpha value is -2.84. The van der Waals surface area contributed by atoms with Crippen molar-refractivity contribution in [2.45, 2.75) is 33.0 Å². The Morgan fingerprint density at radius 2 is 2.10 bits per heavy atom. The van der Waals surface area contributed by atoms with E-state index in [0.717, 1.165) is 5.56 Å². The van der Waals surface area contributed by atoms with Crippen molar-refractivity contribution in [1.29, 1.82) is 0 Å². The molecule has 0 atom stereocenters. The van der Waals surface area contributed by atoms with Crippen molar-refractivity contribution in [3.8, 4) is 22.1 Å². The van der Waals surface area contributed by atoms with Crippen molar-refractivity contribution in [2.24, 2.45) is 0 Å². The molecule has 2 aromatic heterocycles. The number of carbonyl (C=O) groups is 1. The van der Waals surface area contributed by atoms with Crippen molar-refractivity contribution in [3.63, 3.8) is 0 Å². The quantitative estimate of drug-likeness (QED) is 0.646. The van der Waals surface area contributed by atoms with Gasteiger partial charge in [0, 0.05) is 48.0 Å². The van der Waals surface area contributed by atoms with Crippen LogP contribution >= 0.6 is 22.9 Å². The Labute approximate surface area is 182 Å². The molecule has 1 aliphatic rings. The number of carbonyl (C=O) groups excluding carboxylic acids is 1. The third kappa shape index (κ3) is 3.80. The van der Waals surface area contributed by atoms with E-state index in [1.807, 2.05) is 19.9 Å². The van der Waals surface area contributed by atoms with Crippen LogP contribution in [0.2, 0.25) is 5.02 Å². The number of fused-ring (bicyclic) bond motifs is 1. The van der Waals surface area contributed by atoms with E-state index in [1.165, 1.54) is 11.3 Å². The Morgan fingerprint density at radius 1 is 1.30 bits per heavy atom. The van der Waals surface area contributed by atoms with Crippen LogP contribution < -0.4 is 10.2 Å². The van der Waals surface area contributed by atoms with Crippen molar-refractivity contribution in [1.82, 2.24) is 14.5 Å². The lowest BCUT2D eigenvalue weighted by Gasteiger charge is -2.31. The Bertz CT molecular complexity index is 1160. The molecule has 30 heavy (non-hydrogen) atoms. The first kappa shape index (κ1) is 20.4. The van der Waals surface area contributed by atoms with E-state index in [2.05, 4.69) is 4.98 Å². The zero-order chi connectivity index (χ0) is 21.4. The Kier molecular flexibility index (Phi) is 5.53. The van der Waals surface area contributed by atoms with Gasteiger partial charge >= 0.3 is 0 Å². The minimum absolute atomic E-state index is 0.00755. The molecule has 0 bridgehead atoms.